The quantitative estimate of drug-likeness (QED) is 0.686. The lowest BCUT2D eigenvalue weighted by Crippen LogP contribution is -2.54. The molecule has 28 heavy (non-hydrogen) atoms. The lowest BCUT2D eigenvalue weighted by Gasteiger charge is -2.42. The summed E-state index contributed by atoms with van der Waals surface area (Å²) in [6.45, 7) is 3.58. The molecule has 0 saturated heterocycles. The van der Waals surface area contributed by atoms with E-state index >= 15 is 0 Å². The molecule has 1 aromatic heterocycles. The van der Waals surface area contributed by atoms with Crippen LogP contribution in [0.4, 0.5) is 4.39 Å². The number of nitrogens with zero attached hydrogens (tertiary/aromatic N) is 1. The number of halogens is 1. The van der Waals surface area contributed by atoms with Crippen molar-refractivity contribution in [3.63, 3.8) is 0 Å². The van der Waals surface area contributed by atoms with Crippen LogP contribution >= 0.6 is 0 Å². The van der Waals surface area contributed by atoms with Crippen LogP contribution in [0.1, 0.15) is 37.0 Å². The number of nitrogens with one attached hydrogen (secondary N) is 1. The van der Waals surface area contributed by atoms with Crippen LogP contribution in [0.25, 0.3) is 11.3 Å². The second-order valence-corrected chi connectivity index (χ2v) is 8.19. The van der Waals surface area contributed by atoms with Gasteiger partial charge in [0.05, 0.1) is 13.1 Å². The highest BCUT2D eigenvalue weighted by Gasteiger charge is 2.36. The zero-order valence-electron chi connectivity index (χ0n) is 16.2. The summed E-state index contributed by atoms with van der Waals surface area (Å²) >= 11 is 0. The Hall–Kier alpha value is -2.18. The average molecular weight is 386 g/mol. The van der Waals surface area contributed by atoms with Crippen molar-refractivity contribution in [2.24, 2.45) is 5.92 Å². The highest BCUT2D eigenvalue weighted by molar-refractivity contribution is 5.69. The molecule has 2 aromatic rings. The number of carboxylic acids is 1. The molecular formula is C22H27FN2O3. The SMILES string of the molecule is Cc1cc(F)ccc1-c1ccc(CNC2CC(N(CC(=O)O)CC3CC3)C2)o1. The van der Waals surface area contributed by atoms with Crippen molar-refractivity contribution in [2.45, 2.75) is 51.2 Å². The van der Waals surface area contributed by atoms with Gasteiger partial charge in [-0.2, -0.15) is 0 Å². The third kappa shape index (κ3) is 4.62. The zero-order chi connectivity index (χ0) is 19.7. The molecule has 2 aliphatic carbocycles. The van der Waals surface area contributed by atoms with E-state index in [1.54, 1.807) is 6.07 Å². The molecule has 0 unspecified atom stereocenters. The first-order chi connectivity index (χ1) is 13.5. The second kappa shape index (κ2) is 8.05. The summed E-state index contributed by atoms with van der Waals surface area (Å²) in [5, 5.41) is 12.6. The van der Waals surface area contributed by atoms with Crippen LogP contribution < -0.4 is 5.32 Å². The van der Waals surface area contributed by atoms with Crippen molar-refractivity contribution in [3.05, 3.63) is 47.5 Å². The van der Waals surface area contributed by atoms with Gasteiger partial charge in [0.25, 0.3) is 0 Å². The van der Waals surface area contributed by atoms with Gasteiger partial charge in [0.1, 0.15) is 17.3 Å². The van der Waals surface area contributed by atoms with E-state index in [1.165, 1.54) is 25.0 Å². The molecule has 0 bridgehead atoms. The number of aliphatic carboxylic acids is 1. The van der Waals surface area contributed by atoms with Gasteiger partial charge in [0, 0.05) is 24.2 Å². The minimum atomic E-state index is -0.740. The van der Waals surface area contributed by atoms with E-state index in [1.807, 2.05) is 19.1 Å². The van der Waals surface area contributed by atoms with Crippen molar-refractivity contribution in [1.29, 1.82) is 0 Å². The van der Waals surface area contributed by atoms with Crippen LogP contribution in [0.2, 0.25) is 0 Å². The number of furan rings is 1. The molecule has 0 spiro atoms. The molecule has 6 heteroatoms. The molecule has 2 aliphatic rings. The van der Waals surface area contributed by atoms with Gasteiger partial charge < -0.3 is 14.8 Å². The first-order valence-electron chi connectivity index (χ1n) is 10.0. The fourth-order valence-electron chi connectivity index (χ4n) is 3.97. The predicted molar refractivity (Wildman–Crippen MR) is 104 cm³/mol. The molecule has 0 amide bonds. The van der Waals surface area contributed by atoms with Crippen LogP contribution in [0, 0.1) is 18.7 Å². The van der Waals surface area contributed by atoms with Crippen LogP contribution in [0.15, 0.2) is 34.7 Å². The van der Waals surface area contributed by atoms with E-state index in [9.17, 15) is 9.18 Å². The third-order valence-electron chi connectivity index (χ3n) is 5.84. The van der Waals surface area contributed by atoms with E-state index < -0.39 is 5.97 Å². The first kappa shape index (κ1) is 19.2. The molecule has 0 aliphatic heterocycles. The summed E-state index contributed by atoms with van der Waals surface area (Å²) < 4.78 is 19.2. The van der Waals surface area contributed by atoms with Gasteiger partial charge in [-0.25, -0.2) is 4.39 Å². The Morgan fingerprint density at radius 2 is 2.07 bits per heavy atom. The van der Waals surface area contributed by atoms with Crippen molar-refractivity contribution >= 4 is 5.97 Å². The van der Waals surface area contributed by atoms with Crippen molar-refractivity contribution in [3.8, 4) is 11.3 Å². The van der Waals surface area contributed by atoms with E-state index in [4.69, 9.17) is 9.52 Å². The largest absolute Gasteiger partial charge is 0.480 e. The molecule has 0 atom stereocenters. The van der Waals surface area contributed by atoms with Crippen LogP contribution in [-0.4, -0.2) is 41.1 Å². The normalized spacial score (nSPS) is 21.7. The van der Waals surface area contributed by atoms with Crippen molar-refractivity contribution in [1.82, 2.24) is 10.2 Å². The zero-order valence-corrected chi connectivity index (χ0v) is 16.2. The Kier molecular flexibility index (Phi) is 5.51. The lowest BCUT2D eigenvalue weighted by atomic mass is 9.85. The fourth-order valence-corrected chi connectivity index (χ4v) is 3.97. The average Bonchev–Trinajstić information content (AvgIpc) is 3.28. The molecule has 2 fully saturated rings. The molecule has 1 aromatic carbocycles. The standard InChI is InChI=1S/C22H27FN2O3/c1-14-8-16(23)4-6-20(14)21-7-5-19(28-21)11-24-17-9-18(10-17)25(13-22(26)27)12-15-2-3-15/h4-8,15,17-18,24H,2-3,9-13H2,1H3,(H,26,27). The number of carbonyl (C=O) groups is 1. The topological polar surface area (TPSA) is 65.7 Å². The Morgan fingerprint density at radius 3 is 2.75 bits per heavy atom. The Bertz CT molecular complexity index is 840. The van der Waals surface area contributed by atoms with Crippen LogP contribution in [0.3, 0.4) is 0 Å². The lowest BCUT2D eigenvalue weighted by molar-refractivity contribution is -0.139. The van der Waals surface area contributed by atoms with Crippen LogP contribution in [-0.2, 0) is 11.3 Å². The van der Waals surface area contributed by atoms with Crippen molar-refractivity contribution in [2.75, 3.05) is 13.1 Å². The maximum absolute atomic E-state index is 13.3. The molecule has 0 radical (unpaired) electrons. The number of rotatable bonds is 9. The third-order valence-corrected chi connectivity index (χ3v) is 5.84. The fraction of sp³-hybridized carbons (Fsp3) is 0.500. The Balaban J connectivity index is 1.27. The predicted octanol–water partition coefficient (Wildman–Crippen LogP) is 3.81. The summed E-state index contributed by atoms with van der Waals surface area (Å²) in [7, 11) is 0. The highest BCUT2D eigenvalue weighted by Crippen LogP contribution is 2.34. The minimum Gasteiger partial charge on any atom is -0.480 e. The van der Waals surface area contributed by atoms with E-state index in [-0.39, 0.29) is 12.4 Å². The van der Waals surface area contributed by atoms with E-state index in [2.05, 4.69) is 10.2 Å². The number of hydrogen-bond acceptors (Lipinski definition) is 4. The van der Waals surface area contributed by atoms with Crippen LogP contribution in [0.5, 0.6) is 0 Å². The van der Waals surface area contributed by atoms with Gasteiger partial charge in [-0.05, 0) is 74.4 Å². The Morgan fingerprint density at radius 1 is 1.29 bits per heavy atom. The number of carboxylic acid groups (broad SMARTS) is 1. The highest BCUT2D eigenvalue weighted by atomic mass is 19.1. The molecule has 2 saturated carbocycles. The number of aryl methyl sites for hydroxylation is 1. The van der Waals surface area contributed by atoms with Gasteiger partial charge >= 0.3 is 5.97 Å². The molecule has 1 heterocycles. The second-order valence-electron chi connectivity index (χ2n) is 8.19. The number of hydrogen-bond donors (Lipinski definition) is 2. The van der Waals surface area contributed by atoms with E-state index in [0.29, 0.717) is 24.5 Å². The summed E-state index contributed by atoms with van der Waals surface area (Å²) in [6.07, 6.45) is 4.42. The van der Waals surface area contributed by atoms with Crippen molar-refractivity contribution < 1.29 is 18.7 Å². The Labute approximate surface area is 164 Å². The monoisotopic (exact) mass is 386 g/mol. The van der Waals surface area contributed by atoms with Gasteiger partial charge in [-0.3, -0.25) is 9.69 Å². The molecule has 4 rings (SSSR count). The van der Waals surface area contributed by atoms with Gasteiger partial charge in [-0.1, -0.05) is 0 Å². The van der Waals surface area contributed by atoms with Gasteiger partial charge in [0.15, 0.2) is 0 Å². The minimum absolute atomic E-state index is 0.145. The van der Waals surface area contributed by atoms with E-state index in [0.717, 1.165) is 42.0 Å². The summed E-state index contributed by atoms with van der Waals surface area (Å²) in [5.41, 5.74) is 1.76. The smallest absolute Gasteiger partial charge is 0.317 e. The first-order valence-corrected chi connectivity index (χ1v) is 10.0. The molecule has 5 nitrogen and oxygen atoms in total. The van der Waals surface area contributed by atoms with Gasteiger partial charge in [0.2, 0.25) is 0 Å². The molecular weight excluding hydrogens is 359 g/mol. The van der Waals surface area contributed by atoms with Gasteiger partial charge in [-0.15, -0.1) is 0 Å². The molecule has 150 valence electrons. The summed E-state index contributed by atoms with van der Waals surface area (Å²) in [6, 6.07) is 9.32. The summed E-state index contributed by atoms with van der Waals surface area (Å²) in [5.74, 6) is 1.31. The maximum atomic E-state index is 13.3. The maximum Gasteiger partial charge on any atom is 0.317 e. The number of benzene rings is 1. The molecule has 2 N–H and O–H groups in total. The summed E-state index contributed by atoms with van der Waals surface area (Å²) in [4.78, 5) is 13.3.